The van der Waals surface area contributed by atoms with Crippen LogP contribution in [0, 0.1) is 0 Å². The lowest BCUT2D eigenvalue weighted by Gasteiger charge is -2.12. The molecule has 0 saturated carbocycles. The van der Waals surface area contributed by atoms with Crippen molar-refractivity contribution in [1.29, 1.82) is 0 Å². The molecule has 0 aromatic heterocycles. The summed E-state index contributed by atoms with van der Waals surface area (Å²) in [4.78, 5) is 25.1. The maximum absolute atomic E-state index is 12.6. The third-order valence-corrected chi connectivity index (χ3v) is 9.10. The van der Waals surface area contributed by atoms with Crippen LogP contribution in [-0.4, -0.2) is 24.9 Å². The van der Waals surface area contributed by atoms with E-state index in [0.29, 0.717) is 31.8 Å². The predicted molar refractivity (Wildman–Crippen MR) is 201 cm³/mol. The number of nitrogens with one attached hydrogen (secondary N) is 3. The number of carbonyl (C=O) groups excluding carboxylic acids is 2. The molecule has 0 spiro atoms. The Morgan fingerprint density at radius 3 is 0.957 bits per heavy atom. The molecule has 0 aliphatic heterocycles. The second-order valence-corrected chi connectivity index (χ2v) is 13.8. The van der Waals surface area contributed by atoms with Gasteiger partial charge in [0.2, 0.25) is 11.8 Å². The molecule has 5 N–H and O–H groups in total. The van der Waals surface area contributed by atoms with Gasteiger partial charge in [-0.25, -0.2) is 0 Å². The van der Waals surface area contributed by atoms with Crippen molar-refractivity contribution in [3.63, 3.8) is 0 Å². The van der Waals surface area contributed by atoms with Crippen LogP contribution in [0.25, 0.3) is 0 Å². The Hall–Kier alpha value is -1.56. The van der Waals surface area contributed by atoms with Crippen molar-refractivity contribution in [3.8, 4) is 0 Å². The van der Waals surface area contributed by atoms with E-state index in [-0.39, 0.29) is 11.8 Å². The number of rotatable bonds is 37. The summed E-state index contributed by atoms with van der Waals surface area (Å²) in [5.74, 6) is 0.357. The van der Waals surface area contributed by atoms with Gasteiger partial charge in [-0.1, -0.05) is 194 Å². The van der Waals surface area contributed by atoms with E-state index in [9.17, 15) is 9.59 Å². The van der Waals surface area contributed by atoms with E-state index >= 15 is 0 Å². The van der Waals surface area contributed by atoms with Crippen LogP contribution in [0.3, 0.4) is 0 Å². The van der Waals surface area contributed by atoms with E-state index in [1.165, 1.54) is 167 Å². The van der Waals surface area contributed by atoms with Gasteiger partial charge in [-0.2, -0.15) is 0 Å². The highest BCUT2D eigenvalue weighted by Gasteiger charge is 2.09. The second kappa shape index (κ2) is 37.9. The van der Waals surface area contributed by atoms with Crippen LogP contribution in [0.1, 0.15) is 219 Å². The highest BCUT2D eigenvalue weighted by atomic mass is 16.2. The largest absolute Gasteiger partial charge is 0.387 e. The molecule has 46 heavy (non-hydrogen) atoms. The normalized spacial score (nSPS) is 11.0. The van der Waals surface area contributed by atoms with E-state index < -0.39 is 0 Å². The Morgan fingerprint density at radius 1 is 0.435 bits per heavy atom. The smallest absolute Gasteiger partial charge is 0.225 e. The van der Waals surface area contributed by atoms with Crippen LogP contribution in [0.2, 0.25) is 0 Å². The quantitative estimate of drug-likeness (QED) is 0.0504. The number of amides is 2. The van der Waals surface area contributed by atoms with Gasteiger partial charge >= 0.3 is 0 Å². The van der Waals surface area contributed by atoms with Gasteiger partial charge in [0.15, 0.2) is 0 Å². The highest BCUT2D eigenvalue weighted by molar-refractivity contribution is 5.81. The topological polar surface area (TPSA) is 96.2 Å². The molecule has 0 radical (unpaired) electrons. The maximum Gasteiger partial charge on any atom is 0.225 e. The van der Waals surface area contributed by atoms with Gasteiger partial charge in [0, 0.05) is 32.1 Å². The van der Waals surface area contributed by atoms with Crippen molar-refractivity contribution in [3.05, 3.63) is 12.0 Å². The molecule has 0 fully saturated rings. The van der Waals surface area contributed by atoms with Gasteiger partial charge < -0.3 is 21.7 Å². The van der Waals surface area contributed by atoms with Gasteiger partial charge in [0.1, 0.15) is 5.82 Å². The van der Waals surface area contributed by atoms with Crippen molar-refractivity contribution in [2.24, 2.45) is 5.73 Å². The fraction of sp³-hybridized carbons (Fsp3) is 0.900. The first-order chi connectivity index (χ1) is 22.6. The van der Waals surface area contributed by atoms with Crippen LogP contribution in [0.15, 0.2) is 12.0 Å². The van der Waals surface area contributed by atoms with Gasteiger partial charge in [0.05, 0.1) is 0 Å². The lowest BCUT2D eigenvalue weighted by molar-refractivity contribution is -0.121. The lowest BCUT2D eigenvalue weighted by atomic mass is 10.0. The molecule has 0 saturated heterocycles. The molecule has 0 rings (SSSR count). The minimum atomic E-state index is -0.0391. The first kappa shape index (κ1) is 44.4. The van der Waals surface area contributed by atoms with E-state index in [4.69, 9.17) is 5.73 Å². The van der Waals surface area contributed by atoms with Crippen LogP contribution in [0.5, 0.6) is 0 Å². The molecule has 272 valence electrons. The van der Waals surface area contributed by atoms with E-state index in [2.05, 4.69) is 29.8 Å². The monoisotopic (exact) mass is 649 g/mol. The second-order valence-electron chi connectivity index (χ2n) is 13.8. The standard InChI is InChI=1S/C40H80N4O2/c1-3-5-7-9-11-13-15-17-19-21-23-25-27-29-31-33-39(45)43-38(37-42-36-35-41)44-40(46)34-32-30-28-26-24-22-20-18-16-14-12-10-8-6-4-2/h37,42H,3-36,41H2,1-2H3,(H,43,45)(H,44,46). The average Bonchev–Trinajstić information content (AvgIpc) is 3.04. The fourth-order valence-corrected chi connectivity index (χ4v) is 6.10. The van der Waals surface area contributed by atoms with Gasteiger partial charge in [-0.3, -0.25) is 9.59 Å². The summed E-state index contributed by atoms with van der Waals surface area (Å²) in [5.41, 5.74) is 5.59. The Morgan fingerprint density at radius 2 is 0.696 bits per heavy atom. The number of carbonyl (C=O) groups is 2. The Labute approximate surface area is 287 Å². The van der Waals surface area contributed by atoms with Crippen molar-refractivity contribution in [2.75, 3.05) is 13.1 Å². The zero-order chi connectivity index (χ0) is 33.6. The summed E-state index contributed by atoms with van der Waals surface area (Å²) < 4.78 is 0. The molecule has 2 amide bonds. The first-order valence-corrected chi connectivity index (χ1v) is 20.4. The minimum Gasteiger partial charge on any atom is -0.387 e. The molecule has 0 aromatic rings. The zero-order valence-electron chi connectivity index (χ0n) is 31.0. The SMILES string of the molecule is CCCCCCCCCCCCCCCCCC(=O)NC(=CNCCN)NC(=O)CCCCCCCCCCCCCCCCC. The molecule has 6 heteroatoms. The molecule has 6 nitrogen and oxygen atoms in total. The molecule has 0 aliphatic carbocycles. The van der Waals surface area contributed by atoms with Crippen molar-refractivity contribution >= 4 is 11.8 Å². The molecule has 0 atom stereocenters. The van der Waals surface area contributed by atoms with Gasteiger partial charge in [0.25, 0.3) is 0 Å². The summed E-state index contributed by atoms with van der Waals surface area (Å²) in [5, 5.41) is 8.87. The van der Waals surface area contributed by atoms with Crippen LogP contribution >= 0.6 is 0 Å². The summed E-state index contributed by atoms with van der Waals surface area (Å²) >= 11 is 0. The number of hydrogen-bond donors (Lipinski definition) is 4. The van der Waals surface area contributed by atoms with Crippen molar-refractivity contribution in [1.82, 2.24) is 16.0 Å². The molecule has 0 aromatic carbocycles. The summed E-state index contributed by atoms with van der Waals surface area (Å²) in [6, 6.07) is 0. The van der Waals surface area contributed by atoms with E-state index in [1.54, 1.807) is 6.20 Å². The zero-order valence-corrected chi connectivity index (χ0v) is 31.0. The fourth-order valence-electron chi connectivity index (χ4n) is 6.10. The van der Waals surface area contributed by atoms with Gasteiger partial charge in [-0.15, -0.1) is 0 Å². The highest BCUT2D eigenvalue weighted by Crippen LogP contribution is 2.15. The molecular formula is C40H80N4O2. The van der Waals surface area contributed by atoms with Crippen LogP contribution in [0.4, 0.5) is 0 Å². The predicted octanol–water partition coefficient (Wildman–Crippen LogP) is 11.1. The third kappa shape index (κ3) is 35.3. The molecule has 0 heterocycles. The first-order valence-electron chi connectivity index (χ1n) is 20.4. The van der Waals surface area contributed by atoms with Crippen LogP contribution in [-0.2, 0) is 9.59 Å². The van der Waals surface area contributed by atoms with Crippen LogP contribution < -0.4 is 21.7 Å². The molecule has 0 unspecified atom stereocenters. The van der Waals surface area contributed by atoms with E-state index in [1.807, 2.05) is 0 Å². The Kier molecular flexibility index (Phi) is 36.6. The summed E-state index contributed by atoms with van der Waals surface area (Å²) in [7, 11) is 0. The number of hydrogen-bond acceptors (Lipinski definition) is 4. The van der Waals surface area contributed by atoms with Gasteiger partial charge in [-0.05, 0) is 12.8 Å². The number of unbranched alkanes of at least 4 members (excludes halogenated alkanes) is 28. The van der Waals surface area contributed by atoms with E-state index in [0.717, 1.165) is 25.7 Å². The average molecular weight is 649 g/mol. The summed E-state index contributed by atoms with van der Waals surface area (Å²) in [6.45, 7) is 5.64. The molecule has 0 bridgehead atoms. The van der Waals surface area contributed by atoms with Crippen molar-refractivity contribution < 1.29 is 9.59 Å². The minimum absolute atomic E-state index is 0.0391. The Balaban J connectivity index is 3.82. The molecule has 0 aliphatic rings. The Bertz CT molecular complexity index is 632. The molecular weight excluding hydrogens is 568 g/mol. The lowest BCUT2D eigenvalue weighted by Crippen LogP contribution is -2.36. The maximum atomic E-state index is 12.6. The van der Waals surface area contributed by atoms with Crippen molar-refractivity contribution in [2.45, 2.75) is 219 Å². The summed E-state index contributed by atoms with van der Waals surface area (Å²) in [6.07, 6.45) is 41.9. The third-order valence-electron chi connectivity index (χ3n) is 9.10. The number of nitrogens with two attached hydrogens (primary N) is 1.